The van der Waals surface area contributed by atoms with Gasteiger partial charge in [-0.15, -0.1) is 6.42 Å². The van der Waals surface area contributed by atoms with E-state index in [-0.39, 0.29) is 0 Å². The van der Waals surface area contributed by atoms with Crippen molar-refractivity contribution in [3.63, 3.8) is 0 Å². The first-order valence-electron chi connectivity index (χ1n) is 6.73. The number of terminal acetylenes is 1. The highest BCUT2D eigenvalue weighted by molar-refractivity contribution is 7.85. The minimum atomic E-state index is -0.869. The van der Waals surface area contributed by atoms with E-state index in [1.165, 1.54) is 32.1 Å². The summed E-state index contributed by atoms with van der Waals surface area (Å²) in [6.07, 6.45) is 12.7. The van der Waals surface area contributed by atoms with Crippen LogP contribution in [0.3, 0.4) is 0 Å². The van der Waals surface area contributed by atoms with E-state index in [4.69, 9.17) is 6.42 Å². The van der Waals surface area contributed by atoms with Gasteiger partial charge < -0.3 is 0 Å². The van der Waals surface area contributed by atoms with E-state index < -0.39 is 10.8 Å². The van der Waals surface area contributed by atoms with Crippen LogP contribution in [0.1, 0.15) is 51.0 Å². The van der Waals surface area contributed by atoms with Crippen LogP contribution in [0.4, 0.5) is 0 Å². The molecule has 0 aliphatic carbocycles. The lowest BCUT2D eigenvalue weighted by molar-refractivity contribution is 0.622. The molecule has 18 heavy (non-hydrogen) atoms. The van der Waals surface area contributed by atoms with Gasteiger partial charge in [0.2, 0.25) is 0 Å². The molecular formula is C16H22OS. The van der Waals surface area contributed by atoms with Gasteiger partial charge in [0.25, 0.3) is 0 Å². The summed E-state index contributed by atoms with van der Waals surface area (Å²) in [5, 5.41) is 0. The Morgan fingerprint density at radius 3 is 2.28 bits per heavy atom. The molecule has 1 nitrogen and oxygen atoms in total. The van der Waals surface area contributed by atoms with E-state index in [1.54, 1.807) is 0 Å². The lowest BCUT2D eigenvalue weighted by Gasteiger charge is -2.03. The van der Waals surface area contributed by atoms with Crippen LogP contribution in [-0.2, 0) is 10.8 Å². The molecule has 1 rings (SSSR count). The Hall–Kier alpha value is -1.07. The van der Waals surface area contributed by atoms with Crippen molar-refractivity contribution in [3.8, 4) is 12.3 Å². The predicted molar refractivity (Wildman–Crippen MR) is 79.0 cm³/mol. The monoisotopic (exact) mass is 262 g/mol. The SMILES string of the molecule is C#Cc1ccc(S(=O)CCCCCCCC)cc1. The van der Waals surface area contributed by atoms with Crippen molar-refractivity contribution in [1.29, 1.82) is 0 Å². The number of hydrogen-bond donors (Lipinski definition) is 0. The van der Waals surface area contributed by atoms with Crippen molar-refractivity contribution in [2.45, 2.75) is 50.3 Å². The van der Waals surface area contributed by atoms with Gasteiger partial charge in [-0.3, -0.25) is 4.21 Å². The van der Waals surface area contributed by atoms with Crippen LogP contribution in [0.5, 0.6) is 0 Å². The van der Waals surface area contributed by atoms with E-state index in [9.17, 15) is 4.21 Å². The third-order valence-corrected chi connectivity index (χ3v) is 4.42. The third-order valence-electron chi connectivity index (χ3n) is 2.97. The molecule has 1 unspecified atom stereocenters. The second kappa shape index (κ2) is 8.94. The number of hydrogen-bond acceptors (Lipinski definition) is 1. The standard InChI is InChI=1S/C16H22OS/c1-3-5-6-7-8-9-14-18(17)16-12-10-15(4-2)11-13-16/h2,10-13H,3,5-9,14H2,1H3. The van der Waals surface area contributed by atoms with E-state index in [1.807, 2.05) is 24.3 Å². The van der Waals surface area contributed by atoms with Gasteiger partial charge in [0.15, 0.2) is 0 Å². The molecule has 0 N–H and O–H groups in total. The van der Waals surface area contributed by atoms with Crippen molar-refractivity contribution in [3.05, 3.63) is 29.8 Å². The Kier molecular flexibility index (Phi) is 7.44. The molecule has 0 fully saturated rings. The van der Waals surface area contributed by atoms with Crippen LogP contribution in [0.2, 0.25) is 0 Å². The normalized spacial score (nSPS) is 12.0. The number of benzene rings is 1. The average Bonchev–Trinajstić information content (AvgIpc) is 2.42. The van der Waals surface area contributed by atoms with Gasteiger partial charge in [0, 0.05) is 16.2 Å². The zero-order valence-electron chi connectivity index (χ0n) is 11.2. The highest BCUT2D eigenvalue weighted by Gasteiger charge is 2.03. The molecule has 98 valence electrons. The lowest BCUT2D eigenvalue weighted by Crippen LogP contribution is -1.98. The second-order valence-electron chi connectivity index (χ2n) is 4.49. The second-order valence-corrected chi connectivity index (χ2v) is 6.06. The minimum absolute atomic E-state index is 0.765. The van der Waals surface area contributed by atoms with Crippen LogP contribution in [0, 0.1) is 12.3 Å². The van der Waals surface area contributed by atoms with Gasteiger partial charge in [-0.1, -0.05) is 44.9 Å². The van der Waals surface area contributed by atoms with E-state index in [0.717, 1.165) is 22.6 Å². The minimum Gasteiger partial charge on any atom is -0.254 e. The summed E-state index contributed by atoms with van der Waals surface area (Å²) in [5.74, 6) is 3.33. The average molecular weight is 262 g/mol. The van der Waals surface area contributed by atoms with Crippen LogP contribution in [0.15, 0.2) is 29.2 Å². The van der Waals surface area contributed by atoms with Gasteiger partial charge in [0.1, 0.15) is 0 Å². The summed E-state index contributed by atoms with van der Waals surface area (Å²) in [6.45, 7) is 2.22. The fraction of sp³-hybridized carbons (Fsp3) is 0.500. The number of unbranched alkanes of at least 4 members (excludes halogenated alkanes) is 5. The molecule has 1 aromatic carbocycles. The molecule has 0 bridgehead atoms. The molecule has 2 heteroatoms. The largest absolute Gasteiger partial charge is 0.254 e. The lowest BCUT2D eigenvalue weighted by atomic mass is 10.1. The zero-order valence-corrected chi connectivity index (χ0v) is 12.0. The summed E-state index contributed by atoms with van der Waals surface area (Å²) in [4.78, 5) is 0.891. The molecule has 0 heterocycles. The molecule has 0 amide bonds. The first-order chi connectivity index (χ1) is 8.77. The van der Waals surface area contributed by atoms with Gasteiger partial charge >= 0.3 is 0 Å². The molecule has 1 aromatic rings. The molecule has 0 spiro atoms. The Bertz CT molecular complexity index is 400. The fourth-order valence-corrected chi connectivity index (χ4v) is 2.98. The van der Waals surface area contributed by atoms with E-state index in [0.29, 0.717) is 0 Å². The van der Waals surface area contributed by atoms with Crippen molar-refractivity contribution in [2.24, 2.45) is 0 Å². The van der Waals surface area contributed by atoms with Crippen LogP contribution < -0.4 is 0 Å². The molecule has 0 radical (unpaired) electrons. The molecule has 0 saturated heterocycles. The van der Waals surface area contributed by atoms with Gasteiger partial charge in [0.05, 0.1) is 10.8 Å². The summed E-state index contributed by atoms with van der Waals surface area (Å²) in [7, 11) is -0.869. The maximum atomic E-state index is 12.0. The van der Waals surface area contributed by atoms with Crippen molar-refractivity contribution < 1.29 is 4.21 Å². The molecule has 1 atom stereocenters. The van der Waals surface area contributed by atoms with Crippen LogP contribution in [-0.4, -0.2) is 9.96 Å². The quantitative estimate of drug-likeness (QED) is 0.508. The molecule has 0 aliphatic heterocycles. The Balaban J connectivity index is 2.26. The summed E-state index contributed by atoms with van der Waals surface area (Å²) in [5.41, 5.74) is 0.843. The summed E-state index contributed by atoms with van der Waals surface area (Å²) < 4.78 is 12.0. The molecule has 0 aromatic heterocycles. The molecular weight excluding hydrogens is 240 g/mol. The summed E-state index contributed by atoms with van der Waals surface area (Å²) in [6, 6.07) is 7.47. The third kappa shape index (κ3) is 5.51. The Labute approximate surface area is 113 Å². The Morgan fingerprint density at radius 2 is 1.67 bits per heavy atom. The topological polar surface area (TPSA) is 17.1 Å². The van der Waals surface area contributed by atoms with Crippen LogP contribution >= 0.6 is 0 Å². The maximum Gasteiger partial charge on any atom is 0.0529 e. The number of rotatable bonds is 8. The predicted octanol–water partition coefficient (Wildman–Crippen LogP) is 4.14. The van der Waals surface area contributed by atoms with E-state index >= 15 is 0 Å². The highest BCUT2D eigenvalue weighted by atomic mass is 32.2. The Morgan fingerprint density at radius 1 is 1.06 bits per heavy atom. The van der Waals surface area contributed by atoms with Crippen LogP contribution in [0.25, 0.3) is 0 Å². The molecule has 0 aliphatic rings. The molecule has 0 saturated carbocycles. The fourth-order valence-electron chi connectivity index (χ4n) is 1.83. The van der Waals surface area contributed by atoms with Gasteiger partial charge in [-0.05, 0) is 30.7 Å². The summed E-state index contributed by atoms with van der Waals surface area (Å²) >= 11 is 0. The van der Waals surface area contributed by atoms with Gasteiger partial charge in [-0.2, -0.15) is 0 Å². The zero-order chi connectivity index (χ0) is 13.2. The van der Waals surface area contributed by atoms with Crippen molar-refractivity contribution in [2.75, 3.05) is 5.75 Å². The van der Waals surface area contributed by atoms with Crippen molar-refractivity contribution >= 4 is 10.8 Å². The van der Waals surface area contributed by atoms with E-state index in [2.05, 4.69) is 12.8 Å². The first kappa shape index (κ1) is 15.0. The first-order valence-corrected chi connectivity index (χ1v) is 8.05. The highest BCUT2D eigenvalue weighted by Crippen LogP contribution is 2.11. The smallest absolute Gasteiger partial charge is 0.0529 e. The van der Waals surface area contributed by atoms with Gasteiger partial charge in [-0.25, -0.2) is 0 Å². The van der Waals surface area contributed by atoms with Crippen molar-refractivity contribution in [1.82, 2.24) is 0 Å². The maximum absolute atomic E-state index is 12.0.